The van der Waals surface area contributed by atoms with Gasteiger partial charge in [0.15, 0.2) is 5.57 Å². The highest BCUT2D eigenvalue weighted by molar-refractivity contribution is 9.10. The Morgan fingerprint density at radius 3 is 2.64 bits per heavy atom. The Balaban J connectivity index is 2.55. The highest BCUT2D eigenvalue weighted by Gasteiger charge is 2.16. The molecule has 0 amide bonds. The third-order valence-corrected chi connectivity index (χ3v) is 4.90. The van der Waals surface area contributed by atoms with Crippen molar-refractivity contribution < 1.29 is 9.53 Å². The van der Waals surface area contributed by atoms with Gasteiger partial charge in [-0.25, -0.2) is 4.79 Å². The number of benzene rings is 1. The van der Waals surface area contributed by atoms with E-state index in [1.165, 1.54) is 4.57 Å². The fourth-order valence-corrected chi connectivity index (χ4v) is 3.41. The number of nitrogens with one attached hydrogen (secondary N) is 1. The number of hydrogen-bond acceptors (Lipinski definition) is 6. The number of ether oxygens (including phenoxy) is 1. The van der Waals surface area contributed by atoms with Gasteiger partial charge in [0.05, 0.1) is 6.61 Å². The van der Waals surface area contributed by atoms with E-state index < -0.39 is 5.97 Å². The van der Waals surface area contributed by atoms with E-state index in [0.29, 0.717) is 15.7 Å². The second-order valence-corrected chi connectivity index (χ2v) is 6.77. The van der Waals surface area contributed by atoms with Crippen molar-refractivity contribution in [3.63, 3.8) is 0 Å². The molecule has 0 unspecified atom stereocenters. The summed E-state index contributed by atoms with van der Waals surface area (Å²) in [7, 11) is 0. The van der Waals surface area contributed by atoms with Gasteiger partial charge < -0.3 is 10.1 Å². The number of nitriles is 1. The van der Waals surface area contributed by atoms with Gasteiger partial charge in [-0.3, -0.25) is 9.36 Å². The molecule has 8 heteroatoms. The number of carbonyl (C=O) groups is 1. The quantitative estimate of drug-likeness (QED) is 0.743. The predicted octanol–water partition coefficient (Wildman–Crippen LogP) is 1.78. The number of aromatic nitrogens is 1. The zero-order valence-corrected chi connectivity index (χ0v) is 16.1. The molecule has 0 aliphatic heterocycles. The average molecular weight is 422 g/mol. The lowest BCUT2D eigenvalue weighted by molar-refractivity contribution is -0.136. The maximum absolute atomic E-state index is 12.5. The third kappa shape index (κ3) is 4.38. The van der Waals surface area contributed by atoms with Crippen LogP contribution in [0.25, 0.3) is 11.8 Å². The number of thiazole rings is 1. The van der Waals surface area contributed by atoms with Crippen molar-refractivity contribution in [3.05, 3.63) is 48.3 Å². The molecule has 6 nitrogen and oxygen atoms in total. The van der Waals surface area contributed by atoms with E-state index in [0.717, 1.165) is 21.5 Å². The second-order valence-electron chi connectivity index (χ2n) is 4.82. The van der Waals surface area contributed by atoms with Crippen LogP contribution in [0.3, 0.4) is 0 Å². The molecule has 0 aliphatic rings. The molecule has 0 saturated heterocycles. The van der Waals surface area contributed by atoms with Crippen molar-refractivity contribution in [2.24, 2.45) is 0 Å². The maximum atomic E-state index is 12.5. The number of esters is 1. The smallest absolute Gasteiger partial charge is 0.351 e. The Labute approximate surface area is 156 Å². The molecular weight excluding hydrogens is 406 g/mol. The summed E-state index contributed by atoms with van der Waals surface area (Å²) in [6.07, 6.45) is 1.58. The minimum atomic E-state index is -0.721. The van der Waals surface area contributed by atoms with Gasteiger partial charge in [0.1, 0.15) is 15.3 Å². The van der Waals surface area contributed by atoms with Crippen LogP contribution < -0.4 is 20.1 Å². The first-order chi connectivity index (χ1) is 12.0. The van der Waals surface area contributed by atoms with Gasteiger partial charge in [-0.15, -0.1) is 11.3 Å². The lowest BCUT2D eigenvalue weighted by Gasteiger charge is -2.00. The molecule has 0 aliphatic carbocycles. The van der Waals surface area contributed by atoms with Crippen molar-refractivity contribution in [3.8, 4) is 6.07 Å². The van der Waals surface area contributed by atoms with Crippen LogP contribution in [0.2, 0.25) is 0 Å². The standard InChI is InChI=1S/C17H16BrN3O3S/c1-3-21-15(22)14(10-20-12-7-5-11(18)6-8-12)25-16(21)13(9-19)17(23)24-4-2/h5-8,10,20H,3-4H2,1-2H3/b14-10-,16-13-. The highest BCUT2D eigenvalue weighted by Crippen LogP contribution is 2.13. The SMILES string of the molecule is CCOC(=O)/C(C#N)=c1\s/c(=C\Nc2ccc(Br)cc2)c(=O)n1CC. The van der Waals surface area contributed by atoms with Crippen LogP contribution >= 0.6 is 27.3 Å². The van der Waals surface area contributed by atoms with Gasteiger partial charge in [0, 0.05) is 22.9 Å². The van der Waals surface area contributed by atoms with Crippen molar-refractivity contribution >= 4 is 50.7 Å². The van der Waals surface area contributed by atoms with Gasteiger partial charge in [-0.1, -0.05) is 15.9 Å². The van der Waals surface area contributed by atoms with Crippen LogP contribution in [0.4, 0.5) is 5.69 Å². The predicted molar refractivity (Wildman–Crippen MR) is 101 cm³/mol. The zero-order chi connectivity index (χ0) is 18.4. The van der Waals surface area contributed by atoms with Gasteiger partial charge in [0.2, 0.25) is 0 Å². The minimum Gasteiger partial charge on any atom is -0.462 e. The molecule has 1 aromatic heterocycles. The Kier molecular flexibility index (Phi) is 6.56. The molecule has 25 heavy (non-hydrogen) atoms. The number of carbonyl (C=O) groups excluding carboxylic acids is 1. The van der Waals surface area contributed by atoms with Crippen molar-refractivity contribution in [2.75, 3.05) is 11.9 Å². The summed E-state index contributed by atoms with van der Waals surface area (Å²) in [4.78, 5) is 24.5. The molecule has 2 rings (SSSR count). The summed E-state index contributed by atoms with van der Waals surface area (Å²) >= 11 is 4.44. The highest BCUT2D eigenvalue weighted by atomic mass is 79.9. The van der Waals surface area contributed by atoms with Crippen LogP contribution in [-0.4, -0.2) is 17.1 Å². The van der Waals surface area contributed by atoms with E-state index in [1.54, 1.807) is 20.0 Å². The first-order valence-corrected chi connectivity index (χ1v) is 9.16. The fourth-order valence-electron chi connectivity index (χ4n) is 2.07. The summed E-state index contributed by atoms with van der Waals surface area (Å²) in [6, 6.07) is 9.33. The van der Waals surface area contributed by atoms with Gasteiger partial charge in [-0.05, 0) is 38.1 Å². The fraction of sp³-hybridized carbons (Fsp3) is 0.235. The first kappa shape index (κ1) is 19.0. The zero-order valence-electron chi connectivity index (χ0n) is 13.7. The van der Waals surface area contributed by atoms with Crippen molar-refractivity contribution in [2.45, 2.75) is 20.4 Å². The molecule has 0 radical (unpaired) electrons. The van der Waals surface area contributed by atoms with Crippen LogP contribution in [0.1, 0.15) is 13.8 Å². The molecule has 1 heterocycles. The third-order valence-electron chi connectivity index (χ3n) is 3.24. The Bertz CT molecular complexity index is 984. The molecule has 1 N–H and O–H groups in total. The molecule has 0 spiro atoms. The Morgan fingerprint density at radius 1 is 1.40 bits per heavy atom. The van der Waals surface area contributed by atoms with E-state index in [1.807, 2.05) is 30.3 Å². The Hall–Kier alpha value is -2.37. The summed E-state index contributed by atoms with van der Waals surface area (Å²) in [5, 5.41) is 12.4. The Morgan fingerprint density at radius 2 is 2.08 bits per heavy atom. The summed E-state index contributed by atoms with van der Waals surface area (Å²) < 4.78 is 7.95. The number of rotatable bonds is 5. The van der Waals surface area contributed by atoms with E-state index in [9.17, 15) is 14.9 Å². The second kappa shape index (κ2) is 8.65. The largest absolute Gasteiger partial charge is 0.462 e. The number of hydrogen-bond donors (Lipinski definition) is 1. The summed E-state index contributed by atoms with van der Waals surface area (Å²) in [5.74, 6) is -0.721. The maximum Gasteiger partial charge on any atom is 0.351 e. The molecule has 130 valence electrons. The number of halogens is 1. The van der Waals surface area contributed by atoms with Crippen LogP contribution in [0.5, 0.6) is 0 Å². The summed E-state index contributed by atoms with van der Waals surface area (Å²) in [5.41, 5.74) is 0.397. The minimum absolute atomic E-state index is 0.158. The topological polar surface area (TPSA) is 84.1 Å². The van der Waals surface area contributed by atoms with Crippen molar-refractivity contribution in [1.82, 2.24) is 4.57 Å². The molecular formula is C17H16BrN3O3S. The van der Waals surface area contributed by atoms with E-state index >= 15 is 0 Å². The van der Waals surface area contributed by atoms with Crippen LogP contribution in [0.15, 0.2) is 33.5 Å². The molecule has 2 aromatic rings. The molecule has 0 atom stereocenters. The molecule has 0 saturated carbocycles. The van der Waals surface area contributed by atoms with E-state index in [-0.39, 0.29) is 17.7 Å². The van der Waals surface area contributed by atoms with Gasteiger partial charge in [0.25, 0.3) is 5.56 Å². The molecule has 0 bridgehead atoms. The monoisotopic (exact) mass is 421 g/mol. The molecule has 0 fully saturated rings. The van der Waals surface area contributed by atoms with Crippen molar-refractivity contribution in [1.29, 1.82) is 5.26 Å². The number of anilines is 1. The van der Waals surface area contributed by atoms with E-state index in [4.69, 9.17) is 4.74 Å². The molecule has 1 aromatic carbocycles. The van der Waals surface area contributed by atoms with Gasteiger partial charge >= 0.3 is 5.97 Å². The van der Waals surface area contributed by atoms with Crippen LogP contribution in [0, 0.1) is 11.3 Å². The van der Waals surface area contributed by atoms with Crippen LogP contribution in [-0.2, 0) is 16.1 Å². The lowest BCUT2D eigenvalue weighted by atomic mass is 10.3. The van der Waals surface area contributed by atoms with Gasteiger partial charge in [-0.2, -0.15) is 5.26 Å². The summed E-state index contributed by atoms with van der Waals surface area (Å²) in [6.45, 7) is 3.95. The first-order valence-electron chi connectivity index (χ1n) is 7.55. The number of nitrogens with zero attached hydrogens (tertiary/aromatic N) is 2. The lowest BCUT2D eigenvalue weighted by Crippen LogP contribution is -2.32. The normalized spacial score (nSPS) is 12.5. The van der Waals surface area contributed by atoms with E-state index in [2.05, 4.69) is 21.2 Å². The average Bonchev–Trinajstić information content (AvgIpc) is 2.91.